The number of hydrogen-bond donors (Lipinski definition) is 4. The lowest BCUT2D eigenvalue weighted by Gasteiger charge is -2.27. The van der Waals surface area contributed by atoms with Gasteiger partial charge in [0.05, 0.1) is 51.8 Å². The minimum Gasteiger partial charge on any atom is -0.447 e. The summed E-state index contributed by atoms with van der Waals surface area (Å²) in [5.74, 6) is -0.517. The predicted molar refractivity (Wildman–Crippen MR) is 166 cm³/mol. The van der Waals surface area contributed by atoms with Gasteiger partial charge in [0, 0.05) is 32.5 Å². The number of amides is 2. The molecule has 2 atom stereocenters. The molecule has 0 rings (SSSR count). The van der Waals surface area contributed by atoms with E-state index in [4.69, 9.17) is 40.2 Å². The largest absolute Gasteiger partial charge is 0.447 e. The van der Waals surface area contributed by atoms with Crippen molar-refractivity contribution < 1.29 is 52.2 Å². The number of carbonyl (C=O) groups is 2. The minimum atomic E-state index is -2.86. The summed E-state index contributed by atoms with van der Waals surface area (Å²) in [7, 11) is -3.84. The third-order valence-electron chi connectivity index (χ3n) is 4.14. The Morgan fingerprint density at radius 2 is 1.17 bits per heavy atom. The number of primary amides is 2. The van der Waals surface area contributed by atoms with E-state index in [0.717, 1.165) is 13.1 Å². The third-order valence-corrected chi connectivity index (χ3v) is 8.74. The van der Waals surface area contributed by atoms with Gasteiger partial charge in [0.15, 0.2) is 0 Å². The van der Waals surface area contributed by atoms with E-state index in [-0.39, 0.29) is 38.1 Å². The van der Waals surface area contributed by atoms with Crippen molar-refractivity contribution in [2.24, 2.45) is 11.5 Å². The maximum absolute atomic E-state index is 11.9. The number of ether oxygens (including phenoxy) is 3. The first-order chi connectivity index (χ1) is 19.2. The molecular weight excluding hydrogens is 594 g/mol. The van der Waals surface area contributed by atoms with E-state index in [1.807, 2.05) is 32.4 Å². The van der Waals surface area contributed by atoms with Crippen LogP contribution in [-0.2, 0) is 37.2 Å². The van der Waals surface area contributed by atoms with E-state index in [1.165, 1.54) is 11.3 Å². The highest BCUT2D eigenvalue weighted by molar-refractivity contribution is 7.55. The molecule has 0 fully saturated rings. The van der Waals surface area contributed by atoms with Crippen LogP contribution in [0.25, 0.3) is 0 Å². The van der Waals surface area contributed by atoms with E-state index >= 15 is 0 Å². The Hall–Kier alpha value is -1.12. The molecule has 0 radical (unpaired) electrons. The fraction of sp³-hybridized carbons (Fsp3) is 0.920. The Morgan fingerprint density at radius 3 is 1.50 bits per heavy atom. The number of nitrogens with zero attached hydrogens (tertiary/aromatic N) is 2. The van der Waals surface area contributed by atoms with Crippen LogP contribution in [0.1, 0.15) is 55.4 Å². The molecule has 0 heterocycles. The van der Waals surface area contributed by atoms with Crippen molar-refractivity contribution in [2.45, 2.75) is 73.7 Å². The van der Waals surface area contributed by atoms with Gasteiger partial charge < -0.3 is 44.9 Å². The molecule has 0 aromatic carbocycles. The summed E-state index contributed by atoms with van der Waals surface area (Å²) in [6.45, 7) is 21.0. The van der Waals surface area contributed by atoms with Crippen molar-refractivity contribution >= 4 is 27.0 Å². The van der Waals surface area contributed by atoms with Gasteiger partial charge in [-0.3, -0.25) is 13.9 Å². The lowest BCUT2D eigenvalue weighted by Crippen LogP contribution is -2.29. The van der Waals surface area contributed by atoms with Crippen LogP contribution in [0.4, 0.5) is 4.79 Å². The molecule has 0 saturated heterocycles. The van der Waals surface area contributed by atoms with Crippen LogP contribution < -0.4 is 11.5 Å². The van der Waals surface area contributed by atoms with Crippen LogP contribution in [0.3, 0.4) is 0 Å². The second kappa shape index (κ2) is 28.6. The Bertz CT molecular complexity index is 753. The van der Waals surface area contributed by atoms with Gasteiger partial charge in [-0.15, -0.1) is 0 Å². The average molecular weight is 655 g/mol. The molecule has 17 heteroatoms. The number of aliphatic hydroxyl groups is 2. The molecule has 2 unspecified atom stereocenters. The average Bonchev–Trinajstić information content (AvgIpc) is 2.79. The molecule has 0 aliphatic carbocycles. The molecule has 0 aromatic heterocycles. The second-order valence-corrected chi connectivity index (χ2v) is 14.4. The molecular formula is C25H60N4O11P2. The van der Waals surface area contributed by atoms with Crippen LogP contribution in [0.5, 0.6) is 0 Å². The van der Waals surface area contributed by atoms with E-state index in [2.05, 4.69) is 4.74 Å². The smallest absolute Gasteiger partial charge is 0.404 e. The molecule has 256 valence electrons. The first-order valence-corrected chi connectivity index (χ1v) is 17.9. The van der Waals surface area contributed by atoms with Crippen molar-refractivity contribution in [3.05, 3.63) is 0 Å². The summed E-state index contributed by atoms with van der Waals surface area (Å²) in [6.07, 6.45) is -1.08. The fourth-order valence-electron chi connectivity index (χ4n) is 2.61. The van der Waals surface area contributed by atoms with Crippen LogP contribution in [-0.4, -0.2) is 130 Å². The highest BCUT2D eigenvalue weighted by Gasteiger charge is 2.25. The van der Waals surface area contributed by atoms with E-state index in [9.17, 15) is 18.7 Å². The highest BCUT2D eigenvalue weighted by atomic mass is 31.2. The molecule has 6 N–H and O–H groups in total. The standard InChI is InChI=1S/C8H20NO2P.C7H17N2O3P.C7H15NO5.C3H8O/c1-6-9(7-2)12(5,10)11-8(3)4;1-6(2)12-13(4,11)9(3)5-7(8)10;8-7(10)13-6-5-12-4-3-11-2-1-9;1-3(2)4/h8H,6-7H2,1-5H3;6H,5H2,1-4H3,(H2,8,10);9H,1-6H2,(H2,8,10);3-4H,1-2H3. The van der Waals surface area contributed by atoms with Crippen LogP contribution in [0, 0.1) is 0 Å². The normalized spacial score (nSPS) is 13.8. The van der Waals surface area contributed by atoms with Gasteiger partial charge in [-0.1, -0.05) is 13.8 Å². The monoisotopic (exact) mass is 654 g/mol. The zero-order valence-electron chi connectivity index (χ0n) is 27.6. The summed E-state index contributed by atoms with van der Waals surface area (Å²) in [4.78, 5) is 20.6. The maximum Gasteiger partial charge on any atom is 0.404 e. The van der Waals surface area contributed by atoms with Crippen LogP contribution in [0.15, 0.2) is 0 Å². The van der Waals surface area contributed by atoms with Gasteiger partial charge in [-0.05, 0) is 48.6 Å². The number of aliphatic hydroxyl groups excluding tert-OH is 2. The molecule has 2 amide bonds. The Balaban J connectivity index is -0.000000242. The second-order valence-electron chi connectivity index (χ2n) is 9.54. The topological polar surface area (TPSA) is 213 Å². The Labute approximate surface area is 253 Å². The van der Waals surface area contributed by atoms with Gasteiger partial charge in [0.2, 0.25) is 5.91 Å². The summed E-state index contributed by atoms with van der Waals surface area (Å²) < 4.78 is 51.7. The van der Waals surface area contributed by atoms with E-state index < -0.39 is 27.0 Å². The predicted octanol–water partition coefficient (Wildman–Crippen LogP) is 2.72. The lowest BCUT2D eigenvalue weighted by atomic mass is 10.5. The number of rotatable bonds is 18. The van der Waals surface area contributed by atoms with Gasteiger partial charge in [-0.2, -0.15) is 0 Å². The first kappa shape index (κ1) is 47.8. The Kier molecular flexibility index (Phi) is 32.6. The van der Waals surface area contributed by atoms with Crippen molar-refractivity contribution in [1.82, 2.24) is 9.34 Å². The number of hydrogen-bond acceptors (Lipinski definition) is 11. The summed E-state index contributed by atoms with van der Waals surface area (Å²) in [5, 5.41) is 16.4. The van der Waals surface area contributed by atoms with Crippen LogP contribution >= 0.6 is 15.0 Å². The molecule has 0 aliphatic rings. The summed E-state index contributed by atoms with van der Waals surface area (Å²) >= 11 is 0. The van der Waals surface area contributed by atoms with Gasteiger partial charge in [-0.25, -0.2) is 14.1 Å². The minimum absolute atomic E-state index is 0.00475. The van der Waals surface area contributed by atoms with E-state index in [1.54, 1.807) is 41.4 Å². The highest BCUT2D eigenvalue weighted by Crippen LogP contribution is 2.47. The van der Waals surface area contributed by atoms with Crippen molar-refractivity contribution in [3.63, 3.8) is 0 Å². The van der Waals surface area contributed by atoms with Crippen LogP contribution in [0.2, 0.25) is 0 Å². The molecule has 0 bridgehead atoms. The lowest BCUT2D eigenvalue weighted by molar-refractivity contribution is -0.118. The first-order valence-electron chi connectivity index (χ1n) is 13.8. The molecule has 0 aromatic rings. The zero-order chi connectivity index (χ0) is 33.9. The fourth-order valence-corrected chi connectivity index (χ4v) is 5.89. The van der Waals surface area contributed by atoms with Gasteiger partial charge in [0.1, 0.15) is 6.61 Å². The van der Waals surface area contributed by atoms with Gasteiger partial charge >= 0.3 is 6.09 Å². The molecule has 0 saturated carbocycles. The SMILES string of the molecule is CC(C)O.CC(C)OP(C)(=O)N(C)CC(N)=O.CCN(CC)P(C)(=O)OC(C)C.NC(=O)OCCOCCOCCO. The van der Waals surface area contributed by atoms with Gasteiger partial charge in [0.25, 0.3) is 15.0 Å². The maximum atomic E-state index is 11.9. The third kappa shape index (κ3) is 36.9. The summed E-state index contributed by atoms with van der Waals surface area (Å²) in [5.41, 5.74) is 9.67. The number of likely N-dealkylation sites (N-methyl/N-ethyl adjacent to an activating group) is 1. The number of carbonyl (C=O) groups excluding carboxylic acids is 2. The molecule has 42 heavy (non-hydrogen) atoms. The molecule has 0 spiro atoms. The van der Waals surface area contributed by atoms with Crippen molar-refractivity contribution in [2.75, 3.05) is 79.7 Å². The quantitative estimate of drug-likeness (QED) is 0.124. The Morgan fingerprint density at radius 1 is 0.786 bits per heavy atom. The van der Waals surface area contributed by atoms with Crippen molar-refractivity contribution in [1.29, 1.82) is 0 Å². The molecule has 0 aliphatic heterocycles. The summed E-state index contributed by atoms with van der Waals surface area (Å²) in [6, 6.07) is 0. The van der Waals surface area contributed by atoms with E-state index in [0.29, 0.717) is 26.4 Å². The van der Waals surface area contributed by atoms with Crippen molar-refractivity contribution in [3.8, 4) is 0 Å². The number of nitrogens with two attached hydrogens (primary N) is 2. The molecule has 15 nitrogen and oxygen atoms in total. The zero-order valence-corrected chi connectivity index (χ0v) is 29.4.